The molecule has 0 bridgehead atoms. The minimum absolute atomic E-state index is 0.0306. The fourth-order valence-electron chi connectivity index (χ4n) is 2.65. The molecule has 1 unspecified atom stereocenters. The summed E-state index contributed by atoms with van der Waals surface area (Å²) in [4.78, 5) is 28.0. The number of para-hydroxylation sites is 2. The molecule has 6 nitrogen and oxygen atoms in total. The van der Waals surface area contributed by atoms with Crippen molar-refractivity contribution >= 4 is 23.0 Å². The van der Waals surface area contributed by atoms with E-state index in [1.54, 1.807) is 6.07 Å². The van der Waals surface area contributed by atoms with Gasteiger partial charge in [-0.25, -0.2) is 4.98 Å². The summed E-state index contributed by atoms with van der Waals surface area (Å²) in [5, 5.41) is 2.79. The number of oxazole rings is 1. The van der Waals surface area contributed by atoms with E-state index in [2.05, 4.69) is 10.3 Å². The van der Waals surface area contributed by atoms with Gasteiger partial charge in [0.2, 0.25) is 11.8 Å². The van der Waals surface area contributed by atoms with Crippen LogP contribution in [0.1, 0.15) is 36.4 Å². The van der Waals surface area contributed by atoms with Crippen molar-refractivity contribution in [2.45, 2.75) is 32.9 Å². The molecule has 2 aromatic carbocycles. The predicted octanol–water partition coefficient (Wildman–Crippen LogP) is 3.45. The molecule has 0 aliphatic rings. The second kappa shape index (κ2) is 7.82. The van der Waals surface area contributed by atoms with Gasteiger partial charge in [0.1, 0.15) is 5.52 Å². The number of nitrogens with zero attached hydrogens (tertiary/aromatic N) is 1. The molecule has 0 saturated heterocycles. The number of nitrogens with one attached hydrogen (secondary N) is 1. The van der Waals surface area contributed by atoms with Crippen molar-refractivity contribution in [3.63, 3.8) is 0 Å². The zero-order chi connectivity index (χ0) is 18.5. The van der Waals surface area contributed by atoms with Crippen LogP contribution in [0.3, 0.4) is 0 Å². The van der Waals surface area contributed by atoms with Crippen LogP contribution in [-0.4, -0.2) is 16.9 Å². The lowest BCUT2D eigenvalue weighted by Crippen LogP contribution is -2.28. The summed E-state index contributed by atoms with van der Waals surface area (Å²) in [6, 6.07) is 14.6. The molecular weight excluding hydrogens is 332 g/mol. The molecule has 0 aliphatic carbocycles. The Bertz CT molecular complexity index is 882. The molecule has 1 N–H and O–H groups in total. The van der Waals surface area contributed by atoms with E-state index in [9.17, 15) is 9.59 Å². The molecule has 3 aromatic rings. The van der Waals surface area contributed by atoms with Crippen LogP contribution in [0.5, 0.6) is 0 Å². The summed E-state index contributed by atoms with van der Waals surface area (Å²) < 4.78 is 10.8. The summed E-state index contributed by atoms with van der Waals surface area (Å²) in [6.07, 6.45) is 0.0306. The molecule has 1 heterocycles. The molecule has 0 saturated carbocycles. The number of amides is 1. The molecule has 1 atom stereocenters. The molecule has 26 heavy (non-hydrogen) atoms. The largest absolute Gasteiger partial charge is 0.456 e. The molecule has 3 rings (SSSR count). The standard InChI is InChI=1S/C20H20N2O4/c1-13-7-9-15(10-8-13)17(21-14(2)23)11-20(24)25-12-19-22-16-5-3-4-6-18(16)26-19/h3-10,17H,11-12H2,1-2H3,(H,21,23). The fourth-order valence-corrected chi connectivity index (χ4v) is 2.65. The number of fused-ring (bicyclic) bond motifs is 1. The average Bonchev–Trinajstić information content (AvgIpc) is 3.03. The number of carbonyl (C=O) groups excluding carboxylic acids is 2. The van der Waals surface area contributed by atoms with E-state index in [1.165, 1.54) is 6.92 Å². The van der Waals surface area contributed by atoms with Gasteiger partial charge in [0.05, 0.1) is 12.5 Å². The van der Waals surface area contributed by atoms with Crippen molar-refractivity contribution in [3.8, 4) is 0 Å². The topological polar surface area (TPSA) is 81.4 Å². The van der Waals surface area contributed by atoms with E-state index in [0.717, 1.165) is 11.1 Å². The minimum atomic E-state index is -0.441. The number of carbonyl (C=O) groups is 2. The highest BCUT2D eigenvalue weighted by atomic mass is 16.5. The summed E-state index contributed by atoms with van der Waals surface area (Å²) in [5.41, 5.74) is 3.32. The van der Waals surface area contributed by atoms with Crippen LogP contribution >= 0.6 is 0 Å². The third-order valence-corrected chi connectivity index (χ3v) is 3.92. The van der Waals surface area contributed by atoms with Gasteiger partial charge in [-0.2, -0.15) is 0 Å². The van der Waals surface area contributed by atoms with Crippen LogP contribution in [0.25, 0.3) is 11.1 Å². The van der Waals surface area contributed by atoms with Gasteiger partial charge < -0.3 is 14.5 Å². The number of hydrogen-bond donors (Lipinski definition) is 1. The number of benzene rings is 2. The van der Waals surface area contributed by atoms with Crippen molar-refractivity contribution in [2.24, 2.45) is 0 Å². The van der Waals surface area contributed by atoms with Gasteiger partial charge >= 0.3 is 5.97 Å². The lowest BCUT2D eigenvalue weighted by molar-refractivity contribution is -0.146. The lowest BCUT2D eigenvalue weighted by Gasteiger charge is -2.17. The van der Waals surface area contributed by atoms with E-state index in [0.29, 0.717) is 17.0 Å². The molecule has 0 radical (unpaired) electrons. The van der Waals surface area contributed by atoms with E-state index in [4.69, 9.17) is 9.15 Å². The van der Waals surface area contributed by atoms with Gasteiger partial charge in [0.25, 0.3) is 0 Å². The van der Waals surface area contributed by atoms with Crippen molar-refractivity contribution in [2.75, 3.05) is 0 Å². The predicted molar refractivity (Wildman–Crippen MR) is 96.2 cm³/mol. The number of aryl methyl sites for hydroxylation is 1. The molecule has 1 aromatic heterocycles. The van der Waals surface area contributed by atoms with Crippen molar-refractivity contribution in [3.05, 3.63) is 65.5 Å². The second-order valence-electron chi connectivity index (χ2n) is 6.10. The van der Waals surface area contributed by atoms with Crippen LogP contribution in [-0.2, 0) is 20.9 Å². The normalized spacial score (nSPS) is 11.9. The number of esters is 1. The number of rotatable bonds is 6. The summed E-state index contributed by atoms with van der Waals surface area (Å²) in [7, 11) is 0. The Kier molecular flexibility index (Phi) is 5.31. The van der Waals surface area contributed by atoms with E-state index < -0.39 is 12.0 Å². The second-order valence-corrected chi connectivity index (χ2v) is 6.10. The van der Waals surface area contributed by atoms with Crippen molar-refractivity contribution < 1.29 is 18.7 Å². The Balaban J connectivity index is 1.63. The van der Waals surface area contributed by atoms with Gasteiger partial charge in [0.15, 0.2) is 12.2 Å². The summed E-state index contributed by atoms with van der Waals surface area (Å²) >= 11 is 0. The first kappa shape index (κ1) is 17.7. The Hall–Kier alpha value is -3.15. The third kappa shape index (κ3) is 4.47. The maximum Gasteiger partial charge on any atom is 0.308 e. The zero-order valence-electron chi connectivity index (χ0n) is 14.7. The van der Waals surface area contributed by atoms with Gasteiger partial charge in [-0.3, -0.25) is 9.59 Å². The Morgan fingerprint density at radius 2 is 1.88 bits per heavy atom. The first-order valence-corrected chi connectivity index (χ1v) is 8.35. The van der Waals surface area contributed by atoms with E-state index in [-0.39, 0.29) is 18.9 Å². The van der Waals surface area contributed by atoms with Gasteiger partial charge in [-0.15, -0.1) is 0 Å². The van der Waals surface area contributed by atoms with Crippen LogP contribution in [0.2, 0.25) is 0 Å². The average molecular weight is 352 g/mol. The zero-order valence-corrected chi connectivity index (χ0v) is 14.7. The minimum Gasteiger partial charge on any atom is -0.456 e. The number of hydrogen-bond acceptors (Lipinski definition) is 5. The highest BCUT2D eigenvalue weighted by molar-refractivity contribution is 5.76. The molecule has 0 aliphatic heterocycles. The SMILES string of the molecule is CC(=O)NC(CC(=O)OCc1nc2ccccc2o1)c1ccc(C)cc1. The summed E-state index contributed by atoms with van der Waals surface area (Å²) in [6.45, 7) is 3.35. The number of ether oxygens (including phenoxy) is 1. The molecular formula is C20H20N2O4. The molecule has 6 heteroatoms. The maximum atomic E-state index is 12.2. The van der Waals surface area contributed by atoms with Crippen molar-refractivity contribution in [1.29, 1.82) is 0 Å². The Morgan fingerprint density at radius 3 is 2.58 bits per heavy atom. The Morgan fingerprint density at radius 1 is 1.15 bits per heavy atom. The molecule has 134 valence electrons. The monoisotopic (exact) mass is 352 g/mol. The van der Waals surface area contributed by atoms with E-state index in [1.807, 2.05) is 49.4 Å². The van der Waals surface area contributed by atoms with Crippen LogP contribution < -0.4 is 5.32 Å². The lowest BCUT2D eigenvalue weighted by atomic mass is 10.0. The van der Waals surface area contributed by atoms with E-state index >= 15 is 0 Å². The van der Waals surface area contributed by atoms with Crippen LogP contribution in [0.4, 0.5) is 0 Å². The van der Waals surface area contributed by atoms with Crippen LogP contribution in [0.15, 0.2) is 52.9 Å². The number of aromatic nitrogens is 1. The third-order valence-electron chi connectivity index (χ3n) is 3.92. The quantitative estimate of drug-likeness (QED) is 0.687. The van der Waals surface area contributed by atoms with Gasteiger partial charge in [0, 0.05) is 6.92 Å². The first-order valence-electron chi connectivity index (χ1n) is 8.35. The smallest absolute Gasteiger partial charge is 0.308 e. The van der Waals surface area contributed by atoms with Crippen molar-refractivity contribution in [1.82, 2.24) is 10.3 Å². The van der Waals surface area contributed by atoms with Crippen LogP contribution in [0, 0.1) is 6.92 Å². The highest BCUT2D eigenvalue weighted by Crippen LogP contribution is 2.19. The Labute approximate surface area is 151 Å². The maximum absolute atomic E-state index is 12.2. The molecule has 1 amide bonds. The van der Waals surface area contributed by atoms with Gasteiger partial charge in [-0.05, 0) is 24.6 Å². The molecule has 0 spiro atoms. The fraction of sp³-hybridized carbons (Fsp3) is 0.250. The highest BCUT2D eigenvalue weighted by Gasteiger charge is 2.19. The molecule has 0 fully saturated rings. The summed E-state index contributed by atoms with van der Waals surface area (Å²) in [5.74, 6) is -0.306. The van der Waals surface area contributed by atoms with Gasteiger partial charge in [-0.1, -0.05) is 42.0 Å². The first-order chi connectivity index (χ1) is 12.5.